The van der Waals surface area contributed by atoms with E-state index in [1.54, 1.807) is 36.4 Å². The molecule has 0 heterocycles. The predicted octanol–water partition coefficient (Wildman–Crippen LogP) is 5.21. The van der Waals surface area contributed by atoms with E-state index in [1.807, 2.05) is 36.1 Å². The van der Waals surface area contributed by atoms with Crippen molar-refractivity contribution in [1.82, 2.24) is 5.32 Å². The summed E-state index contributed by atoms with van der Waals surface area (Å²) in [7, 11) is 4.54. The number of amides is 3. The number of para-hydroxylation sites is 1. The molecule has 0 aromatic heterocycles. The first-order valence-corrected chi connectivity index (χ1v) is 13.4. The van der Waals surface area contributed by atoms with Crippen LogP contribution in [0, 0.1) is 6.92 Å². The molecule has 3 amide bonds. The average molecular weight is 579 g/mol. The monoisotopic (exact) mass is 578 g/mol. The number of hydrogen-bond acceptors (Lipinski definition) is 7. The van der Waals surface area contributed by atoms with Crippen molar-refractivity contribution in [2.45, 2.75) is 32.7 Å². The molecule has 3 aromatic carbocycles. The first kappa shape index (κ1) is 31.6. The summed E-state index contributed by atoms with van der Waals surface area (Å²) in [4.78, 5) is 38.2. The maximum absolute atomic E-state index is 12.8. The number of carbonyl (C=O) groups is 3. The second-order valence-corrected chi connectivity index (χ2v) is 9.54. The molecule has 0 aliphatic carbocycles. The molecule has 0 aliphatic rings. The molecule has 0 spiro atoms. The van der Waals surface area contributed by atoms with Gasteiger partial charge in [-0.1, -0.05) is 24.3 Å². The Hall–Kier alpha value is -4.93. The Morgan fingerprint density at radius 2 is 1.55 bits per heavy atom. The van der Waals surface area contributed by atoms with Gasteiger partial charge < -0.3 is 40.2 Å². The standard InChI is InChI=1S/C31H38N4O7/c1-20-9-6-7-10-24(20)33-31(39)34-25-13-12-23(18-28(25)41-4)35(16-8-15-32-21(2)36)26(19-30(37)38)22-11-14-27(40-3)29(17-22)42-5/h6-7,9-14,17-18,26H,8,15-16,19H2,1-5H3,(H,32,36)(H,37,38)(H2,33,34,39). The second-order valence-electron chi connectivity index (χ2n) is 9.54. The van der Waals surface area contributed by atoms with E-state index in [1.165, 1.54) is 28.3 Å². The number of urea groups is 1. The van der Waals surface area contributed by atoms with Gasteiger partial charge in [0.25, 0.3) is 0 Å². The molecule has 3 rings (SSSR count). The van der Waals surface area contributed by atoms with Crippen LogP contribution in [0.1, 0.15) is 36.9 Å². The molecule has 0 fully saturated rings. The van der Waals surface area contributed by atoms with E-state index in [-0.39, 0.29) is 12.3 Å². The first-order valence-electron chi connectivity index (χ1n) is 13.4. The molecule has 1 atom stereocenters. The lowest BCUT2D eigenvalue weighted by molar-refractivity contribution is -0.137. The quantitative estimate of drug-likeness (QED) is 0.191. The average Bonchev–Trinajstić information content (AvgIpc) is 2.97. The van der Waals surface area contributed by atoms with Crippen molar-refractivity contribution >= 4 is 35.0 Å². The van der Waals surface area contributed by atoms with Crippen LogP contribution >= 0.6 is 0 Å². The highest BCUT2D eigenvalue weighted by atomic mass is 16.5. The van der Waals surface area contributed by atoms with Crippen LogP contribution in [0.25, 0.3) is 0 Å². The smallest absolute Gasteiger partial charge is 0.323 e. The van der Waals surface area contributed by atoms with Gasteiger partial charge >= 0.3 is 12.0 Å². The third kappa shape index (κ3) is 8.53. The van der Waals surface area contributed by atoms with Gasteiger partial charge in [0.2, 0.25) is 5.91 Å². The van der Waals surface area contributed by atoms with Gasteiger partial charge in [0, 0.05) is 37.5 Å². The number of aliphatic carboxylic acids is 1. The van der Waals surface area contributed by atoms with Gasteiger partial charge in [0.15, 0.2) is 11.5 Å². The number of nitrogens with one attached hydrogen (secondary N) is 3. The largest absolute Gasteiger partial charge is 0.494 e. The molecule has 0 saturated carbocycles. The molecule has 0 radical (unpaired) electrons. The van der Waals surface area contributed by atoms with E-state index in [2.05, 4.69) is 16.0 Å². The maximum atomic E-state index is 12.8. The topological polar surface area (TPSA) is 138 Å². The minimum atomic E-state index is -0.986. The fourth-order valence-electron chi connectivity index (χ4n) is 4.56. The summed E-state index contributed by atoms with van der Waals surface area (Å²) in [5, 5.41) is 18.3. The van der Waals surface area contributed by atoms with Gasteiger partial charge in [-0.25, -0.2) is 4.79 Å². The van der Waals surface area contributed by atoms with Crippen molar-refractivity contribution in [1.29, 1.82) is 0 Å². The van der Waals surface area contributed by atoms with Crippen LogP contribution in [0.5, 0.6) is 17.2 Å². The number of ether oxygens (including phenoxy) is 3. The van der Waals surface area contributed by atoms with Crippen molar-refractivity contribution in [3.8, 4) is 17.2 Å². The van der Waals surface area contributed by atoms with Gasteiger partial charge in [0.1, 0.15) is 5.75 Å². The lowest BCUT2D eigenvalue weighted by Gasteiger charge is -2.34. The van der Waals surface area contributed by atoms with Crippen molar-refractivity contribution in [3.05, 3.63) is 71.8 Å². The molecular formula is C31H38N4O7. The number of carbonyl (C=O) groups excluding carboxylic acids is 2. The molecule has 0 aliphatic heterocycles. The summed E-state index contributed by atoms with van der Waals surface area (Å²) in [5.41, 5.74) is 3.41. The summed E-state index contributed by atoms with van der Waals surface area (Å²) < 4.78 is 16.5. The highest BCUT2D eigenvalue weighted by Crippen LogP contribution is 2.38. The number of nitrogens with zero attached hydrogens (tertiary/aromatic N) is 1. The molecule has 3 aromatic rings. The van der Waals surface area contributed by atoms with E-state index >= 15 is 0 Å². The number of aryl methyl sites for hydroxylation is 1. The molecule has 42 heavy (non-hydrogen) atoms. The van der Waals surface area contributed by atoms with Crippen molar-refractivity contribution in [2.24, 2.45) is 0 Å². The molecule has 0 bridgehead atoms. The highest BCUT2D eigenvalue weighted by molar-refractivity contribution is 6.01. The van der Waals surface area contributed by atoms with E-state index in [0.717, 1.165) is 5.56 Å². The fourth-order valence-corrected chi connectivity index (χ4v) is 4.56. The highest BCUT2D eigenvalue weighted by Gasteiger charge is 2.26. The van der Waals surface area contributed by atoms with Crippen molar-refractivity contribution in [3.63, 3.8) is 0 Å². The molecule has 11 nitrogen and oxygen atoms in total. The van der Waals surface area contributed by atoms with Crippen LogP contribution in [0.4, 0.5) is 21.9 Å². The van der Waals surface area contributed by atoms with Crippen LogP contribution in [0.2, 0.25) is 0 Å². The SMILES string of the molecule is COc1cc(N(CCCNC(C)=O)C(CC(=O)O)c2ccc(OC)c(OC)c2)ccc1NC(=O)Nc1ccccc1C. The van der Waals surface area contributed by atoms with Gasteiger partial charge in [-0.2, -0.15) is 0 Å². The number of rotatable bonds is 14. The Morgan fingerprint density at radius 3 is 2.19 bits per heavy atom. The lowest BCUT2D eigenvalue weighted by Crippen LogP contribution is -2.33. The Morgan fingerprint density at radius 1 is 0.857 bits per heavy atom. The summed E-state index contributed by atoms with van der Waals surface area (Å²) in [6.07, 6.45) is 0.334. The summed E-state index contributed by atoms with van der Waals surface area (Å²) >= 11 is 0. The van der Waals surface area contributed by atoms with Crippen LogP contribution in [0.15, 0.2) is 60.7 Å². The molecule has 4 N–H and O–H groups in total. The van der Waals surface area contributed by atoms with E-state index in [9.17, 15) is 19.5 Å². The number of benzene rings is 3. The summed E-state index contributed by atoms with van der Waals surface area (Å²) in [5.74, 6) is 0.249. The molecular weight excluding hydrogens is 540 g/mol. The Bertz CT molecular complexity index is 1400. The molecule has 11 heteroatoms. The second kappa shape index (κ2) is 15.2. The minimum Gasteiger partial charge on any atom is -0.494 e. The summed E-state index contributed by atoms with van der Waals surface area (Å²) in [6, 6.07) is 16.9. The fraction of sp³-hybridized carbons (Fsp3) is 0.323. The van der Waals surface area contributed by atoms with Crippen molar-refractivity contribution in [2.75, 3.05) is 50.0 Å². The summed E-state index contributed by atoms with van der Waals surface area (Å²) in [6.45, 7) is 4.17. The zero-order valence-corrected chi connectivity index (χ0v) is 24.5. The number of anilines is 3. The Labute approximate surface area is 245 Å². The van der Waals surface area contributed by atoms with Crippen LogP contribution in [-0.4, -0.2) is 57.4 Å². The van der Waals surface area contributed by atoms with Gasteiger partial charge in [-0.05, 0) is 54.8 Å². The molecule has 224 valence electrons. The number of methoxy groups -OCH3 is 3. The van der Waals surface area contributed by atoms with Crippen LogP contribution < -0.4 is 35.1 Å². The van der Waals surface area contributed by atoms with Crippen LogP contribution in [0.3, 0.4) is 0 Å². The molecule has 1 unspecified atom stereocenters. The maximum Gasteiger partial charge on any atom is 0.323 e. The number of hydrogen-bond donors (Lipinski definition) is 4. The third-order valence-corrected chi connectivity index (χ3v) is 6.64. The van der Waals surface area contributed by atoms with E-state index in [0.29, 0.717) is 59.4 Å². The zero-order valence-electron chi connectivity index (χ0n) is 24.5. The Kier molecular flexibility index (Phi) is 11.4. The van der Waals surface area contributed by atoms with Gasteiger partial charge in [-0.3, -0.25) is 9.59 Å². The van der Waals surface area contributed by atoms with Gasteiger partial charge in [0.05, 0.1) is 39.5 Å². The number of carboxylic acid groups (broad SMARTS) is 1. The van der Waals surface area contributed by atoms with Crippen LogP contribution in [-0.2, 0) is 9.59 Å². The van der Waals surface area contributed by atoms with E-state index < -0.39 is 18.0 Å². The Balaban J connectivity index is 1.97. The predicted molar refractivity (Wildman–Crippen MR) is 162 cm³/mol. The van der Waals surface area contributed by atoms with Crippen molar-refractivity contribution < 1.29 is 33.7 Å². The first-order chi connectivity index (χ1) is 20.2. The normalized spacial score (nSPS) is 11.2. The minimum absolute atomic E-state index is 0.149. The zero-order chi connectivity index (χ0) is 30.6. The van der Waals surface area contributed by atoms with Gasteiger partial charge in [-0.15, -0.1) is 0 Å². The number of carboxylic acids is 1. The lowest BCUT2D eigenvalue weighted by atomic mass is 9.99. The molecule has 0 saturated heterocycles. The van der Waals surface area contributed by atoms with E-state index in [4.69, 9.17) is 14.2 Å². The third-order valence-electron chi connectivity index (χ3n) is 6.64.